The van der Waals surface area contributed by atoms with Crippen molar-refractivity contribution >= 4 is 6.29 Å². The quantitative estimate of drug-likeness (QED) is 0.859. The van der Waals surface area contributed by atoms with Crippen LogP contribution in [0.4, 0.5) is 0 Å². The number of hydroxylamine groups is 1. The van der Waals surface area contributed by atoms with Crippen molar-refractivity contribution in [2.45, 2.75) is 32.4 Å². The first-order chi connectivity index (χ1) is 10.2. The molecule has 21 heavy (non-hydrogen) atoms. The van der Waals surface area contributed by atoms with E-state index in [0.717, 1.165) is 24.7 Å². The molecule has 5 nitrogen and oxygen atoms in total. The van der Waals surface area contributed by atoms with Crippen LogP contribution in [0.1, 0.15) is 31.4 Å². The molecule has 1 atom stereocenters. The number of rotatable bonds is 4. The van der Waals surface area contributed by atoms with E-state index in [9.17, 15) is 4.79 Å². The Labute approximate surface area is 124 Å². The molecule has 0 amide bonds. The van der Waals surface area contributed by atoms with Crippen LogP contribution in [0.5, 0.6) is 0 Å². The molecular weight excluding hydrogens is 268 g/mol. The first kappa shape index (κ1) is 13.9. The van der Waals surface area contributed by atoms with Gasteiger partial charge in [-0.2, -0.15) is 0 Å². The molecule has 1 saturated heterocycles. The van der Waals surface area contributed by atoms with Crippen molar-refractivity contribution in [1.82, 2.24) is 10.4 Å². The van der Waals surface area contributed by atoms with E-state index >= 15 is 0 Å². The zero-order valence-electron chi connectivity index (χ0n) is 12.4. The number of hydrogen-bond acceptors (Lipinski definition) is 5. The lowest BCUT2D eigenvalue weighted by Gasteiger charge is -2.36. The number of benzene rings is 1. The number of carbonyl (C=O) groups is 1. The molecule has 2 heterocycles. The van der Waals surface area contributed by atoms with E-state index in [1.54, 1.807) is 0 Å². The molecule has 0 unspecified atom stereocenters. The summed E-state index contributed by atoms with van der Waals surface area (Å²) in [5.41, 5.74) is 4.64. The molecule has 0 saturated carbocycles. The van der Waals surface area contributed by atoms with E-state index in [4.69, 9.17) is 9.57 Å². The lowest BCUT2D eigenvalue weighted by atomic mass is 9.94. The van der Waals surface area contributed by atoms with Crippen LogP contribution in [0.3, 0.4) is 0 Å². The molecule has 1 N–H and O–H groups in total. The molecule has 1 aromatic carbocycles. The summed E-state index contributed by atoms with van der Waals surface area (Å²) in [4.78, 5) is 19.1. The Morgan fingerprint density at radius 2 is 2.24 bits per heavy atom. The molecule has 0 spiro atoms. The van der Waals surface area contributed by atoms with Crippen LogP contribution in [-0.4, -0.2) is 24.3 Å². The number of ether oxygens (including phenoxy) is 1. The van der Waals surface area contributed by atoms with Crippen LogP contribution in [0.2, 0.25) is 0 Å². The Kier molecular flexibility index (Phi) is 3.59. The molecular formula is C16H20N2O3. The number of fused-ring (bicyclic) bond motifs is 1. The maximum Gasteiger partial charge on any atom is 0.201 e. The van der Waals surface area contributed by atoms with Crippen molar-refractivity contribution in [3.05, 3.63) is 47.0 Å². The molecule has 3 rings (SSSR count). The molecule has 2 aliphatic heterocycles. The largest absolute Gasteiger partial charge is 0.485 e. The Morgan fingerprint density at radius 3 is 3.00 bits per heavy atom. The fraction of sp³-hybridized carbons (Fsp3) is 0.438. The predicted molar refractivity (Wildman–Crippen MR) is 77.8 cm³/mol. The van der Waals surface area contributed by atoms with Crippen molar-refractivity contribution in [2.75, 3.05) is 13.2 Å². The normalized spacial score (nSPS) is 24.4. The maximum atomic E-state index is 11.1. The van der Waals surface area contributed by atoms with Crippen LogP contribution >= 0.6 is 0 Å². The number of hydrogen-bond donors (Lipinski definition) is 1. The highest BCUT2D eigenvalue weighted by molar-refractivity contribution is 5.71. The number of aldehydes is 1. The third kappa shape index (κ3) is 2.17. The predicted octanol–water partition coefficient (Wildman–Crippen LogP) is 2.05. The van der Waals surface area contributed by atoms with E-state index < -0.39 is 5.72 Å². The van der Waals surface area contributed by atoms with Gasteiger partial charge in [0.15, 0.2) is 17.8 Å². The van der Waals surface area contributed by atoms with Crippen molar-refractivity contribution in [3.8, 4) is 0 Å². The standard InChI is InChI=1S/C16H20N2O3/c1-3-6-12-7-4-5-8-13(12)16(2)18-9-10-20-14(11-19)15(18)17-21-16/h4-5,7-8,11,17H,3,6,9-10H2,1-2H3/t16-/m1/s1. The van der Waals surface area contributed by atoms with Crippen molar-refractivity contribution in [1.29, 1.82) is 0 Å². The number of allylic oxidation sites excluding steroid dienone is 1. The minimum atomic E-state index is -0.626. The van der Waals surface area contributed by atoms with Crippen LogP contribution < -0.4 is 5.48 Å². The van der Waals surface area contributed by atoms with E-state index in [-0.39, 0.29) is 0 Å². The summed E-state index contributed by atoms with van der Waals surface area (Å²) in [6, 6.07) is 8.29. The smallest absolute Gasteiger partial charge is 0.201 e. The van der Waals surface area contributed by atoms with Gasteiger partial charge in [0.05, 0.1) is 6.54 Å². The molecule has 112 valence electrons. The average molecular weight is 288 g/mol. The third-order valence-corrected chi connectivity index (χ3v) is 4.08. The molecule has 0 aromatic heterocycles. The minimum absolute atomic E-state index is 0.304. The van der Waals surface area contributed by atoms with Gasteiger partial charge >= 0.3 is 0 Å². The Morgan fingerprint density at radius 1 is 1.43 bits per heavy atom. The van der Waals surface area contributed by atoms with Gasteiger partial charge in [-0.05, 0) is 18.9 Å². The summed E-state index contributed by atoms with van der Waals surface area (Å²) < 4.78 is 5.38. The number of nitrogens with one attached hydrogen (secondary N) is 1. The van der Waals surface area contributed by atoms with Gasteiger partial charge in [0.1, 0.15) is 6.61 Å². The van der Waals surface area contributed by atoms with Gasteiger partial charge in [0.25, 0.3) is 0 Å². The Hall–Kier alpha value is -2.01. The maximum absolute atomic E-state index is 11.1. The van der Waals surface area contributed by atoms with E-state index in [1.165, 1.54) is 5.56 Å². The summed E-state index contributed by atoms with van der Waals surface area (Å²) in [6.07, 6.45) is 2.80. The van der Waals surface area contributed by atoms with E-state index in [2.05, 4.69) is 29.4 Å². The third-order valence-electron chi connectivity index (χ3n) is 4.08. The molecule has 2 aliphatic rings. The van der Waals surface area contributed by atoms with Crippen molar-refractivity contribution in [3.63, 3.8) is 0 Å². The van der Waals surface area contributed by atoms with Gasteiger partial charge in [-0.3, -0.25) is 4.79 Å². The first-order valence-electron chi connectivity index (χ1n) is 7.33. The average Bonchev–Trinajstić information content (AvgIpc) is 2.87. The molecule has 0 radical (unpaired) electrons. The zero-order chi connectivity index (χ0) is 14.9. The molecule has 1 aromatic rings. The topological polar surface area (TPSA) is 50.8 Å². The fourth-order valence-electron chi connectivity index (χ4n) is 3.05. The highest BCUT2D eigenvalue weighted by Crippen LogP contribution is 2.40. The van der Waals surface area contributed by atoms with Gasteiger partial charge < -0.3 is 9.64 Å². The van der Waals surface area contributed by atoms with Gasteiger partial charge in [-0.1, -0.05) is 37.6 Å². The summed E-state index contributed by atoms with van der Waals surface area (Å²) in [7, 11) is 0. The van der Waals surface area contributed by atoms with Gasteiger partial charge in [-0.25, -0.2) is 10.3 Å². The van der Waals surface area contributed by atoms with Crippen molar-refractivity contribution in [2.24, 2.45) is 0 Å². The van der Waals surface area contributed by atoms with Gasteiger partial charge in [-0.15, -0.1) is 0 Å². The highest BCUT2D eigenvalue weighted by atomic mass is 16.7. The van der Waals surface area contributed by atoms with Crippen LogP contribution in [0.25, 0.3) is 0 Å². The minimum Gasteiger partial charge on any atom is -0.485 e. The van der Waals surface area contributed by atoms with Crippen LogP contribution in [0.15, 0.2) is 35.8 Å². The molecule has 1 fully saturated rings. The summed E-state index contributed by atoms with van der Waals surface area (Å²) in [6.45, 7) is 5.34. The second-order valence-electron chi connectivity index (χ2n) is 5.42. The van der Waals surface area contributed by atoms with Crippen LogP contribution in [-0.2, 0) is 26.5 Å². The Bertz CT molecular complexity index is 585. The summed E-state index contributed by atoms with van der Waals surface area (Å²) >= 11 is 0. The molecule has 5 heteroatoms. The lowest BCUT2D eigenvalue weighted by Crippen LogP contribution is -2.43. The van der Waals surface area contributed by atoms with Gasteiger partial charge in [0.2, 0.25) is 5.76 Å². The van der Waals surface area contributed by atoms with E-state index in [1.807, 2.05) is 19.1 Å². The lowest BCUT2D eigenvalue weighted by molar-refractivity contribution is -0.113. The summed E-state index contributed by atoms with van der Waals surface area (Å²) in [5.74, 6) is 0.919. The number of nitrogens with zero attached hydrogens (tertiary/aromatic N) is 1. The van der Waals surface area contributed by atoms with Crippen LogP contribution in [0, 0.1) is 0 Å². The second kappa shape index (κ2) is 5.41. The summed E-state index contributed by atoms with van der Waals surface area (Å²) in [5, 5.41) is 0. The van der Waals surface area contributed by atoms with Gasteiger partial charge in [0, 0.05) is 5.56 Å². The number of aryl methyl sites for hydroxylation is 1. The first-order valence-corrected chi connectivity index (χ1v) is 7.33. The Balaban J connectivity index is 2.04. The zero-order valence-corrected chi connectivity index (χ0v) is 12.4. The number of carbonyl (C=O) groups excluding carboxylic acids is 1. The SMILES string of the molecule is CCCc1ccccc1[C@@]1(C)ONC2=C(C=O)OCCN21. The monoisotopic (exact) mass is 288 g/mol. The molecule has 0 bridgehead atoms. The second-order valence-corrected chi connectivity index (χ2v) is 5.42. The van der Waals surface area contributed by atoms with Crippen molar-refractivity contribution < 1.29 is 14.4 Å². The molecule has 0 aliphatic carbocycles. The van der Waals surface area contributed by atoms with E-state index in [0.29, 0.717) is 24.7 Å². The highest BCUT2D eigenvalue weighted by Gasteiger charge is 2.46. The fourth-order valence-corrected chi connectivity index (χ4v) is 3.05.